The van der Waals surface area contributed by atoms with Crippen molar-refractivity contribution in [3.8, 4) is 11.5 Å². The second-order valence-electron chi connectivity index (χ2n) is 4.46. The van der Waals surface area contributed by atoms with Crippen molar-refractivity contribution in [3.05, 3.63) is 42.3 Å². The van der Waals surface area contributed by atoms with Crippen LogP contribution in [0.25, 0.3) is 11.5 Å². The molecule has 0 atom stereocenters. The first-order valence-corrected chi connectivity index (χ1v) is 7.94. The molecule has 0 fully saturated rings. The summed E-state index contributed by atoms with van der Waals surface area (Å²) in [5.41, 5.74) is 1.81. The average Bonchev–Trinajstić information content (AvgIpc) is 2.97. The van der Waals surface area contributed by atoms with Gasteiger partial charge < -0.3 is 15.1 Å². The minimum atomic E-state index is 0. The smallest absolute Gasteiger partial charge is 0.230 e. The molecule has 0 aliphatic rings. The van der Waals surface area contributed by atoms with Crippen LogP contribution in [0.15, 0.2) is 41.0 Å². The van der Waals surface area contributed by atoms with Gasteiger partial charge in [-0.05, 0) is 19.2 Å². The molecule has 0 radical (unpaired) electrons. The van der Waals surface area contributed by atoms with Crippen LogP contribution in [-0.4, -0.2) is 36.8 Å². The minimum Gasteiger partial charge on any atom is -0.444 e. The lowest BCUT2D eigenvalue weighted by atomic mass is 10.2. The Bertz CT molecular complexity index is 563. The van der Waals surface area contributed by atoms with Crippen LogP contribution in [0.4, 0.5) is 0 Å². The number of aromatic nitrogens is 1. The average molecular weight is 342 g/mol. The maximum atomic E-state index is 11.5. The van der Waals surface area contributed by atoms with Crippen molar-refractivity contribution in [3.63, 3.8) is 0 Å². The standard InChI is InChI=1S/C15H19N3O2S.ClH/c1-16-7-8-17-14(19)11-21-10-13-9-20-15(18-13)12-5-3-2-4-6-12;/h2-6,9,16H,7-8,10-11H2,1H3,(H,17,19);1H. The fourth-order valence-electron chi connectivity index (χ4n) is 1.71. The third kappa shape index (κ3) is 6.09. The first-order valence-electron chi connectivity index (χ1n) is 6.78. The number of hydrogen-bond acceptors (Lipinski definition) is 5. The van der Waals surface area contributed by atoms with Gasteiger partial charge in [0.25, 0.3) is 0 Å². The molecule has 5 nitrogen and oxygen atoms in total. The van der Waals surface area contributed by atoms with Crippen molar-refractivity contribution in [2.45, 2.75) is 5.75 Å². The Hall–Kier alpha value is -1.50. The van der Waals surface area contributed by atoms with Gasteiger partial charge >= 0.3 is 0 Å². The maximum absolute atomic E-state index is 11.5. The molecule has 7 heteroatoms. The molecule has 0 saturated heterocycles. The number of hydrogen-bond donors (Lipinski definition) is 2. The molecule has 0 bridgehead atoms. The number of amides is 1. The third-order valence-corrected chi connectivity index (χ3v) is 3.72. The van der Waals surface area contributed by atoms with Crippen LogP contribution in [0, 0.1) is 0 Å². The number of benzene rings is 1. The van der Waals surface area contributed by atoms with Gasteiger partial charge in [-0.25, -0.2) is 4.98 Å². The van der Waals surface area contributed by atoms with Gasteiger partial charge in [-0.3, -0.25) is 4.79 Å². The van der Waals surface area contributed by atoms with Crippen LogP contribution in [-0.2, 0) is 10.5 Å². The molecule has 1 aromatic carbocycles. The highest BCUT2D eigenvalue weighted by molar-refractivity contribution is 7.99. The summed E-state index contributed by atoms with van der Waals surface area (Å²) in [4.78, 5) is 16.0. The summed E-state index contributed by atoms with van der Waals surface area (Å²) in [6.45, 7) is 1.43. The summed E-state index contributed by atoms with van der Waals surface area (Å²) in [6, 6.07) is 9.76. The summed E-state index contributed by atoms with van der Waals surface area (Å²) in [7, 11) is 1.86. The van der Waals surface area contributed by atoms with Gasteiger partial charge in [0.2, 0.25) is 11.8 Å². The predicted molar refractivity (Wildman–Crippen MR) is 92.3 cm³/mol. The molecule has 0 aliphatic heterocycles. The molecule has 0 aliphatic carbocycles. The Labute approximate surface area is 140 Å². The van der Waals surface area contributed by atoms with E-state index in [1.54, 1.807) is 6.26 Å². The Morgan fingerprint density at radius 2 is 2.05 bits per heavy atom. The number of carbonyl (C=O) groups is 1. The van der Waals surface area contributed by atoms with E-state index in [1.165, 1.54) is 11.8 Å². The summed E-state index contributed by atoms with van der Waals surface area (Å²) in [5.74, 6) is 1.75. The maximum Gasteiger partial charge on any atom is 0.230 e. The van der Waals surface area contributed by atoms with Gasteiger partial charge in [0.05, 0.1) is 11.4 Å². The summed E-state index contributed by atoms with van der Waals surface area (Å²) in [5, 5.41) is 5.81. The van der Waals surface area contributed by atoms with E-state index in [0.29, 0.717) is 23.9 Å². The fraction of sp³-hybridized carbons (Fsp3) is 0.333. The van der Waals surface area contributed by atoms with Crippen LogP contribution >= 0.6 is 24.2 Å². The summed E-state index contributed by atoms with van der Waals surface area (Å²) >= 11 is 1.53. The fourth-order valence-corrected chi connectivity index (χ4v) is 2.44. The van der Waals surface area contributed by atoms with Crippen LogP contribution < -0.4 is 10.6 Å². The number of carbonyl (C=O) groups excluding carboxylic acids is 1. The highest BCUT2D eigenvalue weighted by Crippen LogP contribution is 2.20. The van der Waals surface area contributed by atoms with E-state index in [4.69, 9.17) is 4.42 Å². The second-order valence-corrected chi connectivity index (χ2v) is 5.44. The first-order chi connectivity index (χ1) is 10.3. The number of rotatable bonds is 8. The Morgan fingerprint density at radius 3 is 2.77 bits per heavy atom. The van der Waals surface area contributed by atoms with Gasteiger partial charge in [-0.1, -0.05) is 18.2 Å². The van der Waals surface area contributed by atoms with E-state index in [-0.39, 0.29) is 18.3 Å². The number of oxazole rings is 1. The van der Waals surface area contributed by atoms with Crippen LogP contribution in [0.2, 0.25) is 0 Å². The van der Waals surface area contributed by atoms with E-state index >= 15 is 0 Å². The Kier molecular flexibility index (Phi) is 8.65. The molecular weight excluding hydrogens is 322 g/mol. The monoisotopic (exact) mass is 341 g/mol. The SMILES string of the molecule is CNCCNC(=O)CSCc1coc(-c2ccccc2)n1.Cl. The molecule has 120 valence electrons. The van der Waals surface area contributed by atoms with Gasteiger partial charge in [0, 0.05) is 24.4 Å². The van der Waals surface area contributed by atoms with Crippen LogP contribution in [0.3, 0.4) is 0 Å². The third-order valence-electron chi connectivity index (χ3n) is 2.75. The van der Waals surface area contributed by atoms with E-state index < -0.39 is 0 Å². The van der Waals surface area contributed by atoms with Gasteiger partial charge in [0.15, 0.2) is 0 Å². The Morgan fingerprint density at radius 1 is 1.27 bits per heavy atom. The predicted octanol–water partition coefficient (Wildman–Crippen LogP) is 2.33. The van der Waals surface area contributed by atoms with Crippen LogP contribution in [0.5, 0.6) is 0 Å². The summed E-state index contributed by atoms with van der Waals surface area (Å²) in [6.07, 6.45) is 1.65. The largest absolute Gasteiger partial charge is 0.444 e. The topological polar surface area (TPSA) is 67.2 Å². The molecule has 2 rings (SSSR count). The lowest BCUT2D eigenvalue weighted by Gasteiger charge is -2.03. The quantitative estimate of drug-likeness (QED) is 0.721. The second kappa shape index (κ2) is 10.3. The zero-order chi connectivity index (χ0) is 14.9. The summed E-state index contributed by atoms with van der Waals surface area (Å²) < 4.78 is 5.45. The molecule has 1 amide bonds. The lowest BCUT2D eigenvalue weighted by molar-refractivity contribution is -0.118. The van der Waals surface area contributed by atoms with Gasteiger partial charge in [-0.2, -0.15) is 0 Å². The first kappa shape index (κ1) is 18.5. The number of likely N-dealkylation sites (N-methyl/N-ethyl adjacent to an activating group) is 1. The number of nitrogens with one attached hydrogen (secondary N) is 2. The molecule has 1 heterocycles. The van der Waals surface area contributed by atoms with E-state index in [9.17, 15) is 4.79 Å². The zero-order valence-corrected chi connectivity index (χ0v) is 14.0. The lowest BCUT2D eigenvalue weighted by Crippen LogP contribution is -2.31. The van der Waals surface area contributed by atoms with E-state index in [0.717, 1.165) is 17.8 Å². The normalized spacial score (nSPS) is 10.0. The van der Waals surface area contributed by atoms with Crippen molar-refractivity contribution in [2.24, 2.45) is 0 Å². The van der Waals surface area contributed by atoms with Crippen molar-refractivity contribution in [1.82, 2.24) is 15.6 Å². The van der Waals surface area contributed by atoms with Gasteiger partial charge in [-0.15, -0.1) is 24.2 Å². The minimum absolute atomic E-state index is 0. The van der Waals surface area contributed by atoms with Crippen molar-refractivity contribution in [1.29, 1.82) is 0 Å². The van der Waals surface area contributed by atoms with Crippen molar-refractivity contribution in [2.75, 3.05) is 25.9 Å². The van der Waals surface area contributed by atoms with Crippen molar-refractivity contribution >= 4 is 30.1 Å². The van der Waals surface area contributed by atoms with E-state index in [1.807, 2.05) is 37.4 Å². The molecular formula is C15H20ClN3O2S. The van der Waals surface area contributed by atoms with Gasteiger partial charge in [0.1, 0.15) is 6.26 Å². The van der Waals surface area contributed by atoms with Crippen LogP contribution in [0.1, 0.15) is 5.69 Å². The molecule has 1 aromatic heterocycles. The molecule has 2 aromatic rings. The number of thioether (sulfide) groups is 1. The Balaban J connectivity index is 0.00000242. The van der Waals surface area contributed by atoms with E-state index in [2.05, 4.69) is 15.6 Å². The molecule has 22 heavy (non-hydrogen) atoms. The van der Waals surface area contributed by atoms with Crippen molar-refractivity contribution < 1.29 is 9.21 Å². The number of halogens is 1. The molecule has 0 unspecified atom stereocenters. The number of nitrogens with zero attached hydrogens (tertiary/aromatic N) is 1. The highest BCUT2D eigenvalue weighted by atomic mass is 35.5. The highest BCUT2D eigenvalue weighted by Gasteiger charge is 2.07. The molecule has 2 N–H and O–H groups in total. The zero-order valence-electron chi connectivity index (χ0n) is 12.4. The molecule has 0 saturated carbocycles. The molecule has 0 spiro atoms.